The summed E-state index contributed by atoms with van der Waals surface area (Å²) in [5.74, 6) is 0.0178. The van der Waals surface area contributed by atoms with Crippen LogP contribution in [0.1, 0.15) is 43.0 Å². The Balaban J connectivity index is 1.54. The number of carboxylic acid groups (broad SMARTS) is 1. The molecule has 0 aliphatic carbocycles. The predicted molar refractivity (Wildman–Crippen MR) is 114 cm³/mol. The smallest absolute Gasteiger partial charge is 0.336 e. The van der Waals surface area contributed by atoms with E-state index < -0.39 is 5.97 Å². The monoisotopic (exact) mass is 398 g/mol. The molecule has 28 heavy (non-hydrogen) atoms. The third kappa shape index (κ3) is 5.29. The molecule has 0 saturated carbocycles. The van der Waals surface area contributed by atoms with Crippen LogP contribution in [0, 0.1) is 0 Å². The van der Waals surface area contributed by atoms with Crippen molar-refractivity contribution in [1.29, 1.82) is 0 Å². The maximum atomic E-state index is 11.3. The second kappa shape index (κ2) is 10.2. The summed E-state index contributed by atoms with van der Waals surface area (Å²) in [5.41, 5.74) is 2.09. The maximum absolute atomic E-state index is 11.3. The molecule has 0 saturated heterocycles. The summed E-state index contributed by atoms with van der Waals surface area (Å²) < 4.78 is 5.94. The maximum Gasteiger partial charge on any atom is 0.336 e. The van der Waals surface area contributed by atoms with Crippen LogP contribution in [0.3, 0.4) is 0 Å². The van der Waals surface area contributed by atoms with Gasteiger partial charge in [0.2, 0.25) is 0 Å². The van der Waals surface area contributed by atoms with E-state index in [1.165, 1.54) is 0 Å². The summed E-state index contributed by atoms with van der Waals surface area (Å²) >= 11 is 1.61. The standard InChI is InChI=1S/C22H26N2O3S/c1-2-3-14-24(22-23-18-11-5-6-12-19(18)27-22)15-8-9-16-28-20-13-7-4-10-17(20)21(25)26/h4-7,10-13H,2-3,8-9,14-16H2,1H3,(H,25,26). The first kappa shape index (κ1) is 20.3. The fourth-order valence-corrected chi connectivity index (χ4v) is 4.06. The molecule has 2 aromatic carbocycles. The van der Waals surface area contributed by atoms with E-state index in [0.29, 0.717) is 11.6 Å². The molecule has 0 aliphatic heterocycles. The van der Waals surface area contributed by atoms with Gasteiger partial charge in [-0.15, -0.1) is 11.8 Å². The zero-order valence-electron chi connectivity index (χ0n) is 16.1. The van der Waals surface area contributed by atoms with E-state index in [9.17, 15) is 9.90 Å². The van der Waals surface area contributed by atoms with Crippen molar-refractivity contribution in [1.82, 2.24) is 4.98 Å². The van der Waals surface area contributed by atoms with Gasteiger partial charge in [-0.05, 0) is 49.3 Å². The van der Waals surface area contributed by atoms with Crippen LogP contribution in [0.5, 0.6) is 0 Å². The lowest BCUT2D eigenvalue weighted by atomic mass is 10.2. The van der Waals surface area contributed by atoms with Crippen LogP contribution in [0.25, 0.3) is 11.1 Å². The minimum absolute atomic E-state index is 0.378. The molecule has 0 unspecified atom stereocenters. The highest BCUT2D eigenvalue weighted by Crippen LogP contribution is 2.25. The van der Waals surface area contributed by atoms with E-state index in [2.05, 4.69) is 16.8 Å². The minimum Gasteiger partial charge on any atom is -0.478 e. The Bertz CT molecular complexity index is 876. The van der Waals surface area contributed by atoms with Crippen LogP contribution >= 0.6 is 11.8 Å². The van der Waals surface area contributed by atoms with Crippen molar-refractivity contribution in [3.05, 3.63) is 54.1 Å². The summed E-state index contributed by atoms with van der Waals surface area (Å²) in [7, 11) is 0. The largest absolute Gasteiger partial charge is 0.478 e. The van der Waals surface area contributed by atoms with Gasteiger partial charge < -0.3 is 14.4 Å². The number of fused-ring (bicyclic) bond motifs is 1. The van der Waals surface area contributed by atoms with E-state index in [0.717, 1.165) is 60.5 Å². The number of benzene rings is 2. The van der Waals surface area contributed by atoms with Gasteiger partial charge in [-0.2, -0.15) is 4.98 Å². The van der Waals surface area contributed by atoms with Crippen LogP contribution in [-0.2, 0) is 0 Å². The number of para-hydroxylation sites is 2. The van der Waals surface area contributed by atoms with Gasteiger partial charge in [-0.1, -0.05) is 37.6 Å². The highest BCUT2D eigenvalue weighted by atomic mass is 32.2. The number of thioether (sulfide) groups is 1. The molecule has 3 rings (SSSR count). The molecule has 3 aromatic rings. The third-order valence-corrected chi connectivity index (χ3v) is 5.69. The highest BCUT2D eigenvalue weighted by molar-refractivity contribution is 7.99. The van der Waals surface area contributed by atoms with Crippen molar-refractivity contribution < 1.29 is 14.3 Å². The molecule has 1 N–H and O–H groups in total. The van der Waals surface area contributed by atoms with Gasteiger partial charge in [0.1, 0.15) is 5.52 Å². The molecule has 0 amide bonds. The lowest BCUT2D eigenvalue weighted by Gasteiger charge is -2.20. The lowest BCUT2D eigenvalue weighted by Crippen LogP contribution is -2.26. The van der Waals surface area contributed by atoms with Crippen molar-refractivity contribution in [3.8, 4) is 0 Å². The first-order valence-corrected chi connectivity index (χ1v) is 10.7. The lowest BCUT2D eigenvalue weighted by molar-refractivity contribution is 0.0693. The zero-order valence-corrected chi connectivity index (χ0v) is 17.0. The Morgan fingerprint density at radius 1 is 1.07 bits per heavy atom. The quantitative estimate of drug-likeness (QED) is 0.330. The number of rotatable bonds is 11. The Kier molecular flexibility index (Phi) is 7.37. The average Bonchev–Trinajstić information content (AvgIpc) is 3.14. The van der Waals surface area contributed by atoms with Crippen molar-refractivity contribution in [3.63, 3.8) is 0 Å². The topological polar surface area (TPSA) is 66.6 Å². The van der Waals surface area contributed by atoms with Crippen LogP contribution in [0.2, 0.25) is 0 Å². The normalized spacial score (nSPS) is 11.0. The number of carbonyl (C=O) groups is 1. The molecule has 148 valence electrons. The van der Waals surface area contributed by atoms with Gasteiger partial charge in [-0.25, -0.2) is 4.79 Å². The van der Waals surface area contributed by atoms with Gasteiger partial charge in [0, 0.05) is 18.0 Å². The molecule has 6 heteroatoms. The van der Waals surface area contributed by atoms with Crippen molar-refractivity contribution in [2.24, 2.45) is 0 Å². The van der Waals surface area contributed by atoms with Gasteiger partial charge in [0.15, 0.2) is 5.58 Å². The molecule has 5 nitrogen and oxygen atoms in total. The summed E-state index contributed by atoms with van der Waals surface area (Å²) in [4.78, 5) is 19.0. The number of hydrogen-bond acceptors (Lipinski definition) is 5. The second-order valence-electron chi connectivity index (χ2n) is 6.66. The summed E-state index contributed by atoms with van der Waals surface area (Å²) in [6, 6.07) is 15.7. The number of hydrogen-bond donors (Lipinski definition) is 1. The number of carboxylic acids is 1. The van der Waals surface area contributed by atoms with Crippen LogP contribution in [0.4, 0.5) is 6.01 Å². The van der Waals surface area contributed by atoms with E-state index in [-0.39, 0.29) is 0 Å². The first-order valence-electron chi connectivity index (χ1n) is 9.74. The van der Waals surface area contributed by atoms with Crippen molar-refractivity contribution in [2.75, 3.05) is 23.7 Å². The molecule has 0 aliphatic rings. The van der Waals surface area contributed by atoms with Crippen molar-refractivity contribution >= 4 is 34.8 Å². The number of nitrogens with zero attached hydrogens (tertiary/aromatic N) is 2. The second-order valence-corrected chi connectivity index (χ2v) is 7.80. The minimum atomic E-state index is -0.871. The highest BCUT2D eigenvalue weighted by Gasteiger charge is 2.14. The Labute approximate surface area is 169 Å². The third-order valence-electron chi connectivity index (χ3n) is 4.53. The number of aromatic carboxylic acids is 1. The van der Waals surface area contributed by atoms with Crippen LogP contribution in [-0.4, -0.2) is 34.9 Å². The fourth-order valence-electron chi connectivity index (χ4n) is 3.00. The van der Waals surface area contributed by atoms with Crippen LogP contribution < -0.4 is 4.90 Å². The molecule has 0 spiro atoms. The molecule has 1 aromatic heterocycles. The van der Waals surface area contributed by atoms with Crippen LogP contribution in [0.15, 0.2) is 57.8 Å². The number of unbranched alkanes of at least 4 members (excludes halogenated alkanes) is 2. The molecule has 0 bridgehead atoms. The SMILES string of the molecule is CCCCN(CCCCSc1ccccc1C(=O)O)c1nc2ccccc2o1. The van der Waals surface area contributed by atoms with Gasteiger partial charge >= 0.3 is 5.97 Å². The summed E-state index contributed by atoms with van der Waals surface area (Å²) in [6.45, 7) is 3.99. The van der Waals surface area contributed by atoms with E-state index in [4.69, 9.17) is 4.42 Å². The van der Waals surface area contributed by atoms with Crippen molar-refractivity contribution in [2.45, 2.75) is 37.5 Å². The Morgan fingerprint density at radius 3 is 2.61 bits per heavy atom. The summed E-state index contributed by atoms with van der Waals surface area (Å²) in [5, 5.41) is 9.27. The number of oxazole rings is 1. The molecule has 0 radical (unpaired) electrons. The Hall–Kier alpha value is -2.47. The van der Waals surface area contributed by atoms with Gasteiger partial charge in [0.25, 0.3) is 6.01 Å². The van der Waals surface area contributed by atoms with E-state index in [1.54, 1.807) is 23.9 Å². The summed E-state index contributed by atoms with van der Waals surface area (Å²) in [6.07, 6.45) is 4.23. The van der Waals surface area contributed by atoms with E-state index in [1.807, 2.05) is 36.4 Å². The first-order chi connectivity index (χ1) is 13.7. The van der Waals surface area contributed by atoms with Gasteiger partial charge in [-0.3, -0.25) is 0 Å². The Morgan fingerprint density at radius 2 is 1.82 bits per heavy atom. The zero-order chi connectivity index (χ0) is 19.8. The number of anilines is 1. The molecule has 1 heterocycles. The fraction of sp³-hybridized carbons (Fsp3) is 0.364. The van der Waals surface area contributed by atoms with E-state index >= 15 is 0 Å². The number of aromatic nitrogens is 1. The molecule has 0 fully saturated rings. The average molecular weight is 399 g/mol. The molecular weight excluding hydrogens is 372 g/mol. The molecular formula is C22H26N2O3S. The predicted octanol–water partition coefficient (Wildman–Crippen LogP) is 5.71. The molecule has 0 atom stereocenters. The van der Waals surface area contributed by atoms with Gasteiger partial charge in [0.05, 0.1) is 5.56 Å².